The lowest BCUT2D eigenvalue weighted by Crippen LogP contribution is -2.55. The maximum absolute atomic E-state index is 13.5. The summed E-state index contributed by atoms with van der Waals surface area (Å²) in [7, 11) is 0. The molecule has 1 aliphatic rings. The molecule has 0 saturated carbocycles. The van der Waals surface area contributed by atoms with Crippen LogP contribution in [0, 0.1) is 17.6 Å². The quantitative estimate of drug-likeness (QED) is 0.285. The summed E-state index contributed by atoms with van der Waals surface area (Å²) in [5.41, 5.74) is 1.40. The molecule has 1 heterocycles. The van der Waals surface area contributed by atoms with Crippen molar-refractivity contribution in [3.63, 3.8) is 0 Å². The van der Waals surface area contributed by atoms with Gasteiger partial charge in [-0.15, -0.1) is 0 Å². The van der Waals surface area contributed by atoms with Gasteiger partial charge in [0.15, 0.2) is 6.61 Å². The number of nitrogens with one attached hydrogen (secondary N) is 1. The standard InChI is InChI=1S/C28H28F2N2O6/c29-18-3-1-17(2-4-18)24(34)12-11-23-27(32(28(23)37)20-7-5-19(30)6-8-20)22-10-9-21(15-25(22)35)38-16-26(36)31-13-14-33/h1-10,15,23-24,27,33-35H,11-14,16H2,(H,31,36). The zero-order valence-electron chi connectivity index (χ0n) is 20.4. The third-order valence-electron chi connectivity index (χ3n) is 6.45. The first-order valence-corrected chi connectivity index (χ1v) is 12.1. The van der Waals surface area contributed by atoms with Crippen molar-refractivity contribution in [3.8, 4) is 11.5 Å². The summed E-state index contributed by atoms with van der Waals surface area (Å²) in [5.74, 6) is -2.07. The maximum atomic E-state index is 13.5. The number of nitrogens with zero attached hydrogens (tertiary/aromatic N) is 1. The fourth-order valence-corrected chi connectivity index (χ4v) is 4.52. The van der Waals surface area contributed by atoms with Gasteiger partial charge in [0.25, 0.3) is 5.91 Å². The van der Waals surface area contributed by atoms with E-state index in [0.717, 1.165) is 0 Å². The van der Waals surface area contributed by atoms with E-state index in [2.05, 4.69) is 5.32 Å². The molecule has 3 aromatic rings. The van der Waals surface area contributed by atoms with Crippen molar-refractivity contribution in [1.29, 1.82) is 0 Å². The second-order valence-corrected chi connectivity index (χ2v) is 8.96. The van der Waals surface area contributed by atoms with Crippen molar-refractivity contribution >= 4 is 17.5 Å². The molecule has 1 aliphatic heterocycles. The van der Waals surface area contributed by atoms with E-state index in [9.17, 15) is 28.6 Å². The minimum absolute atomic E-state index is 0.0958. The Bertz CT molecular complexity index is 1270. The largest absolute Gasteiger partial charge is 0.507 e. The number of hydrogen-bond acceptors (Lipinski definition) is 6. The Balaban J connectivity index is 1.53. The first kappa shape index (κ1) is 27.0. The van der Waals surface area contributed by atoms with Crippen LogP contribution in [-0.4, -0.2) is 46.9 Å². The molecule has 0 spiro atoms. The van der Waals surface area contributed by atoms with Crippen LogP contribution in [0.15, 0.2) is 66.7 Å². The van der Waals surface area contributed by atoms with E-state index in [1.807, 2.05) is 0 Å². The number of phenolic OH excluding ortho intramolecular Hbond substituents is 1. The van der Waals surface area contributed by atoms with Gasteiger partial charge < -0.3 is 30.3 Å². The number of anilines is 1. The van der Waals surface area contributed by atoms with Crippen LogP contribution in [0.2, 0.25) is 0 Å². The average molecular weight is 527 g/mol. The molecule has 1 fully saturated rings. The highest BCUT2D eigenvalue weighted by Gasteiger charge is 2.49. The molecule has 0 aliphatic carbocycles. The molecular weight excluding hydrogens is 498 g/mol. The molecule has 1 saturated heterocycles. The molecule has 0 aromatic heterocycles. The van der Waals surface area contributed by atoms with Gasteiger partial charge in [-0.05, 0) is 66.9 Å². The van der Waals surface area contributed by atoms with Crippen LogP contribution in [-0.2, 0) is 9.59 Å². The molecule has 0 bridgehead atoms. The van der Waals surface area contributed by atoms with Gasteiger partial charge in [0.2, 0.25) is 5.91 Å². The summed E-state index contributed by atoms with van der Waals surface area (Å²) in [6.07, 6.45) is -0.409. The smallest absolute Gasteiger partial charge is 0.258 e. The Hall–Kier alpha value is -4.02. The van der Waals surface area contributed by atoms with Crippen LogP contribution in [0.5, 0.6) is 11.5 Å². The van der Waals surface area contributed by atoms with E-state index < -0.39 is 35.6 Å². The Morgan fingerprint density at radius 3 is 2.32 bits per heavy atom. The summed E-state index contributed by atoms with van der Waals surface area (Å²) in [4.78, 5) is 26.4. The number of halogens is 2. The van der Waals surface area contributed by atoms with Crippen molar-refractivity contribution in [2.45, 2.75) is 25.0 Å². The molecule has 2 amide bonds. The summed E-state index contributed by atoms with van der Waals surface area (Å²) in [6.45, 7) is -0.418. The third kappa shape index (κ3) is 6.09. The molecule has 3 aromatic carbocycles. The average Bonchev–Trinajstić information content (AvgIpc) is 2.91. The number of benzene rings is 3. The van der Waals surface area contributed by atoms with Gasteiger partial charge >= 0.3 is 0 Å². The van der Waals surface area contributed by atoms with Gasteiger partial charge in [-0.1, -0.05) is 12.1 Å². The number of β-lactam (4-membered cyclic amide) rings is 1. The first-order valence-electron chi connectivity index (χ1n) is 12.1. The molecular formula is C28H28F2N2O6. The minimum atomic E-state index is -0.912. The zero-order valence-corrected chi connectivity index (χ0v) is 20.4. The number of phenols is 1. The fourth-order valence-electron chi connectivity index (χ4n) is 4.52. The molecule has 3 unspecified atom stereocenters. The Labute approximate surface area is 218 Å². The second kappa shape index (κ2) is 12.0. The number of aliphatic hydroxyl groups is 2. The van der Waals surface area contributed by atoms with Gasteiger partial charge in [-0.3, -0.25) is 9.59 Å². The van der Waals surface area contributed by atoms with E-state index in [-0.39, 0.29) is 50.0 Å². The summed E-state index contributed by atoms with van der Waals surface area (Å²) >= 11 is 0. The number of carbonyl (C=O) groups excluding carboxylic acids is 2. The topological polar surface area (TPSA) is 119 Å². The van der Waals surface area contributed by atoms with Crippen molar-refractivity contribution in [2.24, 2.45) is 5.92 Å². The number of amides is 2. The van der Waals surface area contributed by atoms with E-state index >= 15 is 0 Å². The lowest BCUT2D eigenvalue weighted by atomic mass is 9.78. The molecule has 200 valence electrons. The number of aliphatic hydroxyl groups excluding tert-OH is 2. The van der Waals surface area contributed by atoms with Crippen LogP contribution < -0.4 is 15.0 Å². The molecule has 4 N–H and O–H groups in total. The second-order valence-electron chi connectivity index (χ2n) is 8.96. The highest BCUT2D eigenvalue weighted by atomic mass is 19.1. The van der Waals surface area contributed by atoms with Crippen molar-refractivity contribution in [2.75, 3.05) is 24.7 Å². The van der Waals surface area contributed by atoms with Crippen LogP contribution in [0.3, 0.4) is 0 Å². The van der Waals surface area contributed by atoms with Crippen molar-refractivity contribution in [1.82, 2.24) is 5.32 Å². The van der Waals surface area contributed by atoms with Gasteiger partial charge in [0.05, 0.1) is 24.7 Å². The zero-order chi connectivity index (χ0) is 27.2. The minimum Gasteiger partial charge on any atom is -0.507 e. The Morgan fingerprint density at radius 2 is 1.68 bits per heavy atom. The van der Waals surface area contributed by atoms with E-state index in [1.54, 1.807) is 12.1 Å². The number of aromatic hydroxyl groups is 1. The van der Waals surface area contributed by atoms with E-state index in [0.29, 0.717) is 16.8 Å². The molecule has 38 heavy (non-hydrogen) atoms. The Morgan fingerprint density at radius 1 is 1.03 bits per heavy atom. The predicted octanol–water partition coefficient (Wildman–Crippen LogP) is 3.38. The molecule has 3 atom stereocenters. The summed E-state index contributed by atoms with van der Waals surface area (Å²) < 4.78 is 32.2. The van der Waals surface area contributed by atoms with Gasteiger partial charge in [-0.25, -0.2) is 8.78 Å². The first-order chi connectivity index (χ1) is 18.3. The summed E-state index contributed by atoms with van der Waals surface area (Å²) in [6, 6.07) is 14.8. The van der Waals surface area contributed by atoms with Crippen LogP contribution in [0.25, 0.3) is 0 Å². The van der Waals surface area contributed by atoms with Crippen LogP contribution >= 0.6 is 0 Å². The Kier molecular flexibility index (Phi) is 8.55. The van der Waals surface area contributed by atoms with Crippen molar-refractivity contribution < 1.29 is 38.4 Å². The lowest BCUT2D eigenvalue weighted by Gasteiger charge is -2.48. The van der Waals surface area contributed by atoms with E-state index in [4.69, 9.17) is 9.84 Å². The maximum Gasteiger partial charge on any atom is 0.258 e. The number of hydrogen-bond donors (Lipinski definition) is 4. The molecule has 8 nitrogen and oxygen atoms in total. The van der Waals surface area contributed by atoms with Crippen LogP contribution in [0.4, 0.5) is 14.5 Å². The summed E-state index contributed by atoms with van der Waals surface area (Å²) in [5, 5.41) is 32.6. The number of rotatable bonds is 11. The molecule has 10 heteroatoms. The monoisotopic (exact) mass is 526 g/mol. The lowest BCUT2D eigenvalue weighted by molar-refractivity contribution is -0.131. The van der Waals surface area contributed by atoms with Crippen molar-refractivity contribution in [3.05, 3.63) is 89.5 Å². The highest BCUT2D eigenvalue weighted by Crippen LogP contribution is 2.49. The van der Waals surface area contributed by atoms with Gasteiger partial charge in [0, 0.05) is 23.9 Å². The predicted molar refractivity (Wildman–Crippen MR) is 134 cm³/mol. The SMILES string of the molecule is O=C(COc1ccc(C2C(CCC(O)c3ccc(F)cc3)C(=O)N2c2ccc(F)cc2)c(O)c1)NCCO. The van der Waals surface area contributed by atoms with Gasteiger partial charge in [-0.2, -0.15) is 0 Å². The number of carbonyl (C=O) groups is 2. The third-order valence-corrected chi connectivity index (χ3v) is 6.45. The highest BCUT2D eigenvalue weighted by molar-refractivity contribution is 6.03. The molecule has 0 radical (unpaired) electrons. The van der Waals surface area contributed by atoms with E-state index in [1.165, 1.54) is 59.5 Å². The number of ether oxygens (including phenoxy) is 1. The molecule has 4 rings (SSSR count). The normalized spacial score (nSPS) is 17.6. The van der Waals surface area contributed by atoms with Crippen LogP contribution in [0.1, 0.15) is 36.1 Å². The fraction of sp³-hybridized carbons (Fsp3) is 0.286. The van der Waals surface area contributed by atoms with Gasteiger partial charge in [0.1, 0.15) is 23.1 Å².